The van der Waals surface area contributed by atoms with Crippen LogP contribution in [0.5, 0.6) is 0 Å². The topological polar surface area (TPSA) is 132 Å². The summed E-state index contributed by atoms with van der Waals surface area (Å²) < 4.78 is 36.2. The largest absolute Gasteiger partial charge is 0.462 e. The third kappa shape index (κ3) is 4.77. The molecule has 2 aromatic rings. The zero-order chi connectivity index (χ0) is 22.6. The lowest BCUT2D eigenvalue weighted by Crippen LogP contribution is -2.25. The number of rotatable bonds is 8. The van der Waals surface area contributed by atoms with Crippen molar-refractivity contribution in [2.75, 3.05) is 13.7 Å². The van der Waals surface area contributed by atoms with E-state index in [4.69, 9.17) is 9.47 Å². The third-order valence-corrected chi connectivity index (χ3v) is 5.88. The predicted molar refractivity (Wildman–Crippen MR) is 108 cm³/mol. The SMILES string of the molecule is CCOC(=O)c1c(C)[nH]c(C(=O)C(C)OC(=O)c2cccc(S(=O)(=O)NC)c2)c1C. The molecule has 0 aliphatic rings. The molecule has 0 aliphatic carbocycles. The quantitative estimate of drug-likeness (QED) is 0.479. The second-order valence-corrected chi connectivity index (χ2v) is 8.38. The van der Waals surface area contributed by atoms with E-state index < -0.39 is 33.8 Å². The minimum Gasteiger partial charge on any atom is -0.462 e. The Morgan fingerprint density at radius 3 is 2.43 bits per heavy atom. The van der Waals surface area contributed by atoms with Gasteiger partial charge in [0.1, 0.15) is 0 Å². The zero-order valence-corrected chi connectivity index (χ0v) is 18.2. The Labute approximate surface area is 174 Å². The van der Waals surface area contributed by atoms with Gasteiger partial charge in [-0.2, -0.15) is 0 Å². The number of nitrogens with one attached hydrogen (secondary N) is 2. The number of hydrogen-bond donors (Lipinski definition) is 2. The molecule has 10 heteroatoms. The lowest BCUT2D eigenvalue weighted by molar-refractivity contribution is 0.0316. The molecule has 0 spiro atoms. The molecule has 30 heavy (non-hydrogen) atoms. The van der Waals surface area contributed by atoms with Crippen molar-refractivity contribution in [2.24, 2.45) is 0 Å². The summed E-state index contributed by atoms with van der Waals surface area (Å²) in [4.78, 5) is 40.1. The number of carbonyl (C=O) groups excluding carboxylic acids is 3. The molecule has 0 bridgehead atoms. The van der Waals surface area contributed by atoms with Crippen LogP contribution in [0.3, 0.4) is 0 Å². The smallest absolute Gasteiger partial charge is 0.340 e. The van der Waals surface area contributed by atoms with Gasteiger partial charge in [0.25, 0.3) is 0 Å². The van der Waals surface area contributed by atoms with Crippen LogP contribution < -0.4 is 4.72 Å². The first-order chi connectivity index (χ1) is 14.0. The molecule has 0 amide bonds. The number of ether oxygens (including phenoxy) is 2. The van der Waals surface area contributed by atoms with Gasteiger partial charge < -0.3 is 14.5 Å². The van der Waals surface area contributed by atoms with Gasteiger partial charge in [0.2, 0.25) is 15.8 Å². The van der Waals surface area contributed by atoms with E-state index in [1.165, 1.54) is 32.2 Å². The molecule has 9 nitrogen and oxygen atoms in total. The summed E-state index contributed by atoms with van der Waals surface area (Å²) in [6.45, 7) is 6.51. The first-order valence-corrected chi connectivity index (χ1v) is 10.7. The Morgan fingerprint density at radius 2 is 1.83 bits per heavy atom. The number of ketones is 1. The summed E-state index contributed by atoms with van der Waals surface area (Å²) in [6.07, 6.45) is -1.17. The van der Waals surface area contributed by atoms with Crippen molar-refractivity contribution in [1.29, 1.82) is 0 Å². The van der Waals surface area contributed by atoms with Crippen LogP contribution >= 0.6 is 0 Å². The number of aromatic nitrogens is 1. The molecule has 0 aliphatic heterocycles. The van der Waals surface area contributed by atoms with E-state index in [0.717, 1.165) is 6.07 Å². The number of carbonyl (C=O) groups is 3. The van der Waals surface area contributed by atoms with E-state index >= 15 is 0 Å². The maximum absolute atomic E-state index is 12.8. The van der Waals surface area contributed by atoms with Gasteiger partial charge in [-0.3, -0.25) is 4.79 Å². The number of sulfonamides is 1. The number of aromatic amines is 1. The highest BCUT2D eigenvalue weighted by Crippen LogP contribution is 2.21. The fourth-order valence-corrected chi connectivity index (χ4v) is 3.67. The minimum atomic E-state index is -3.74. The summed E-state index contributed by atoms with van der Waals surface area (Å²) in [5.74, 6) is -1.93. The van der Waals surface area contributed by atoms with Crippen molar-refractivity contribution < 1.29 is 32.3 Å². The van der Waals surface area contributed by atoms with Crippen molar-refractivity contribution in [2.45, 2.75) is 38.7 Å². The number of esters is 2. The molecule has 2 rings (SSSR count). The first-order valence-electron chi connectivity index (χ1n) is 9.18. The standard InChI is InChI=1S/C20H24N2O7S/c1-6-28-20(25)16-11(2)17(22-12(16)3)18(23)13(4)29-19(24)14-8-7-9-15(10-14)30(26,27)21-5/h7-10,13,21-22H,6H2,1-5H3. The molecular weight excluding hydrogens is 412 g/mol. The first kappa shape index (κ1) is 23.3. The lowest BCUT2D eigenvalue weighted by atomic mass is 10.1. The molecule has 1 aromatic carbocycles. The molecule has 1 heterocycles. The second-order valence-electron chi connectivity index (χ2n) is 6.49. The van der Waals surface area contributed by atoms with Gasteiger partial charge >= 0.3 is 11.9 Å². The normalized spacial score (nSPS) is 12.3. The zero-order valence-electron chi connectivity index (χ0n) is 17.4. The van der Waals surface area contributed by atoms with Gasteiger partial charge in [0.15, 0.2) is 6.10 Å². The van der Waals surface area contributed by atoms with Gasteiger partial charge in [-0.1, -0.05) is 6.07 Å². The Hall–Kier alpha value is -2.98. The second kappa shape index (κ2) is 9.23. The van der Waals surface area contributed by atoms with Crippen LogP contribution in [0.2, 0.25) is 0 Å². The number of hydrogen-bond acceptors (Lipinski definition) is 7. The molecule has 0 saturated heterocycles. The Morgan fingerprint density at radius 1 is 1.17 bits per heavy atom. The summed E-state index contributed by atoms with van der Waals surface area (Å²) in [7, 11) is -2.48. The van der Waals surface area contributed by atoms with Crippen LogP contribution in [-0.2, 0) is 19.5 Å². The van der Waals surface area contributed by atoms with E-state index in [1.54, 1.807) is 20.8 Å². The van der Waals surface area contributed by atoms with Gasteiger partial charge in [-0.05, 0) is 58.5 Å². The lowest BCUT2D eigenvalue weighted by Gasteiger charge is -2.13. The van der Waals surface area contributed by atoms with Crippen molar-refractivity contribution in [3.8, 4) is 0 Å². The summed E-state index contributed by atoms with van der Waals surface area (Å²) in [5.41, 5.74) is 1.27. The van der Waals surface area contributed by atoms with Crippen molar-refractivity contribution in [3.05, 3.63) is 52.3 Å². The van der Waals surface area contributed by atoms with E-state index in [9.17, 15) is 22.8 Å². The van der Waals surface area contributed by atoms with Crippen LogP contribution in [0.15, 0.2) is 29.2 Å². The monoisotopic (exact) mass is 436 g/mol. The van der Waals surface area contributed by atoms with E-state index in [2.05, 4.69) is 9.71 Å². The highest BCUT2D eigenvalue weighted by molar-refractivity contribution is 7.89. The van der Waals surface area contributed by atoms with Crippen molar-refractivity contribution in [3.63, 3.8) is 0 Å². The molecule has 0 fully saturated rings. The molecule has 2 N–H and O–H groups in total. The Kier molecular flexibility index (Phi) is 7.16. The molecule has 162 valence electrons. The highest BCUT2D eigenvalue weighted by Gasteiger charge is 2.28. The molecule has 0 radical (unpaired) electrons. The Bertz CT molecular complexity index is 1090. The van der Waals surface area contributed by atoms with Crippen LogP contribution in [0, 0.1) is 13.8 Å². The molecular formula is C20H24N2O7S. The summed E-state index contributed by atoms with van der Waals surface area (Å²) in [6, 6.07) is 5.28. The van der Waals surface area contributed by atoms with Crippen LogP contribution in [0.25, 0.3) is 0 Å². The van der Waals surface area contributed by atoms with Gasteiger partial charge in [0.05, 0.1) is 28.3 Å². The van der Waals surface area contributed by atoms with Crippen molar-refractivity contribution >= 4 is 27.7 Å². The van der Waals surface area contributed by atoms with E-state index in [0.29, 0.717) is 11.3 Å². The summed E-state index contributed by atoms with van der Waals surface area (Å²) in [5, 5.41) is 0. The third-order valence-electron chi connectivity index (χ3n) is 4.47. The van der Waals surface area contributed by atoms with E-state index in [1.807, 2.05) is 0 Å². The van der Waals surface area contributed by atoms with E-state index in [-0.39, 0.29) is 28.3 Å². The number of aryl methyl sites for hydroxylation is 1. The minimum absolute atomic E-state index is 0.0161. The predicted octanol–water partition coefficient (Wildman–Crippen LogP) is 2.14. The van der Waals surface area contributed by atoms with Crippen LogP contribution in [-0.4, -0.2) is 50.9 Å². The maximum atomic E-state index is 12.8. The van der Waals surface area contributed by atoms with Gasteiger partial charge in [-0.15, -0.1) is 0 Å². The van der Waals surface area contributed by atoms with Gasteiger partial charge in [-0.25, -0.2) is 22.7 Å². The van der Waals surface area contributed by atoms with Crippen molar-refractivity contribution in [1.82, 2.24) is 9.71 Å². The molecule has 1 atom stereocenters. The highest BCUT2D eigenvalue weighted by atomic mass is 32.2. The molecule has 1 unspecified atom stereocenters. The number of H-pyrrole nitrogens is 1. The number of Topliss-reactive ketones (excluding diaryl/α,β-unsaturated/α-hetero) is 1. The average Bonchev–Trinajstić information content (AvgIpc) is 3.01. The summed E-state index contributed by atoms with van der Waals surface area (Å²) >= 11 is 0. The maximum Gasteiger partial charge on any atom is 0.340 e. The number of benzene rings is 1. The van der Waals surface area contributed by atoms with Gasteiger partial charge in [0, 0.05) is 5.69 Å². The van der Waals surface area contributed by atoms with Crippen LogP contribution in [0.4, 0.5) is 0 Å². The molecule has 1 aromatic heterocycles. The fourth-order valence-electron chi connectivity index (χ4n) is 2.90. The average molecular weight is 436 g/mol. The fraction of sp³-hybridized carbons (Fsp3) is 0.350. The Balaban J connectivity index is 2.23. The van der Waals surface area contributed by atoms with Crippen LogP contribution in [0.1, 0.15) is 56.3 Å². The molecule has 0 saturated carbocycles.